The van der Waals surface area contributed by atoms with Gasteiger partial charge >= 0.3 is 17.6 Å². The van der Waals surface area contributed by atoms with Gasteiger partial charge in [0.15, 0.2) is 0 Å². The van der Waals surface area contributed by atoms with Crippen LogP contribution in [0.1, 0.15) is 32.9 Å². The average molecular weight is 448 g/mol. The first-order valence-electron chi connectivity index (χ1n) is 9.48. The van der Waals surface area contributed by atoms with Gasteiger partial charge in [0.1, 0.15) is 19.4 Å². The van der Waals surface area contributed by atoms with Gasteiger partial charge in [0.05, 0.1) is 25.9 Å². The second kappa shape index (κ2) is 14.4. The Hall–Kier alpha value is -2.58. The number of aliphatic hydroxyl groups is 2. The molecule has 0 aromatic carbocycles. The first-order valence-corrected chi connectivity index (χ1v) is 9.48. The Labute approximate surface area is 177 Å². The van der Waals surface area contributed by atoms with Crippen LogP contribution in [0.4, 0.5) is 0 Å². The van der Waals surface area contributed by atoms with Crippen LogP contribution in [-0.2, 0) is 33.3 Å². The second-order valence-electron chi connectivity index (χ2n) is 6.22. The van der Waals surface area contributed by atoms with Crippen molar-refractivity contribution in [1.82, 2.24) is 9.55 Å². The molecule has 1 aromatic heterocycles. The van der Waals surface area contributed by atoms with Crippen molar-refractivity contribution in [2.24, 2.45) is 0 Å². The number of hydrogen-bond acceptors (Lipinski definition) is 11. The van der Waals surface area contributed by atoms with Gasteiger partial charge in [-0.1, -0.05) is 0 Å². The van der Waals surface area contributed by atoms with Gasteiger partial charge in [0.25, 0.3) is 12.0 Å². The highest BCUT2D eigenvalue weighted by Crippen LogP contribution is 2.26. The smallest absolute Gasteiger partial charge is 0.330 e. The molecule has 0 saturated carbocycles. The Balaban J connectivity index is 0.000000310. The lowest BCUT2D eigenvalue weighted by molar-refractivity contribution is -0.268. The van der Waals surface area contributed by atoms with Gasteiger partial charge in [-0.05, 0) is 12.8 Å². The van der Waals surface area contributed by atoms with Crippen molar-refractivity contribution in [1.29, 1.82) is 0 Å². The van der Waals surface area contributed by atoms with Crippen molar-refractivity contribution in [3.63, 3.8) is 0 Å². The summed E-state index contributed by atoms with van der Waals surface area (Å²) in [6.07, 6.45) is 2.19. The molecule has 0 spiro atoms. The zero-order valence-electron chi connectivity index (χ0n) is 17.4. The maximum absolute atomic E-state index is 11.4. The predicted octanol–water partition coefficient (Wildman–Crippen LogP) is -1.37. The number of nitrogens with one attached hydrogen (secondary N) is 1. The van der Waals surface area contributed by atoms with Gasteiger partial charge in [-0.2, -0.15) is 0 Å². The number of esters is 2. The van der Waals surface area contributed by atoms with Crippen molar-refractivity contribution in [2.75, 3.05) is 33.0 Å². The third kappa shape index (κ3) is 11.4. The molecule has 2 heterocycles. The van der Waals surface area contributed by atoms with Gasteiger partial charge in [-0.25, -0.2) is 4.79 Å². The summed E-state index contributed by atoms with van der Waals surface area (Å²) in [6, 6.07) is 1.27. The van der Waals surface area contributed by atoms with E-state index in [2.05, 4.69) is 14.5 Å². The largest absolute Gasteiger partial charge is 0.463 e. The summed E-state index contributed by atoms with van der Waals surface area (Å²) in [5, 5.41) is 17.9. The average Bonchev–Trinajstić information content (AvgIpc) is 3.18. The number of carbonyl (C=O) groups is 2. The molecule has 1 aliphatic rings. The maximum atomic E-state index is 11.4. The molecule has 1 aromatic rings. The van der Waals surface area contributed by atoms with Crippen LogP contribution < -0.4 is 11.2 Å². The number of carbonyl (C=O) groups excluding carboxylic acids is 2. The third-order valence-electron chi connectivity index (χ3n) is 3.75. The van der Waals surface area contributed by atoms with Crippen LogP contribution in [0.15, 0.2) is 21.9 Å². The van der Waals surface area contributed by atoms with E-state index in [4.69, 9.17) is 24.4 Å². The highest BCUT2D eigenvalue weighted by Gasteiger charge is 2.26. The molecule has 0 bridgehead atoms. The molecule has 2 rings (SSSR count). The lowest BCUT2D eigenvalue weighted by Gasteiger charge is -2.13. The van der Waals surface area contributed by atoms with E-state index in [-0.39, 0.29) is 45.4 Å². The Morgan fingerprint density at radius 3 is 2.16 bits per heavy atom. The summed E-state index contributed by atoms with van der Waals surface area (Å²) in [5.41, 5.74) is -0.904. The molecule has 1 saturated heterocycles. The van der Waals surface area contributed by atoms with Gasteiger partial charge < -0.3 is 33.9 Å². The molecular weight excluding hydrogens is 420 g/mol. The summed E-state index contributed by atoms with van der Waals surface area (Å²) >= 11 is 0. The van der Waals surface area contributed by atoms with Crippen molar-refractivity contribution < 1.29 is 43.5 Å². The van der Waals surface area contributed by atoms with E-state index in [0.717, 1.165) is 0 Å². The molecule has 176 valence electrons. The molecule has 13 heteroatoms. The zero-order chi connectivity index (χ0) is 23.2. The predicted molar refractivity (Wildman–Crippen MR) is 103 cm³/mol. The first kappa shape index (κ1) is 26.5. The number of hydrogen-bond donors (Lipinski definition) is 3. The van der Waals surface area contributed by atoms with Crippen LogP contribution in [-0.4, -0.2) is 77.3 Å². The molecule has 2 unspecified atom stereocenters. The van der Waals surface area contributed by atoms with Crippen molar-refractivity contribution in [2.45, 2.75) is 45.5 Å². The van der Waals surface area contributed by atoms with Crippen LogP contribution in [0.3, 0.4) is 0 Å². The van der Waals surface area contributed by atoms with E-state index < -0.39 is 29.7 Å². The molecule has 2 atom stereocenters. The standard InChI is InChI=1S/C9H12N2O4.C9H16O7/c12-5-6-1-2-8(15-6)11-4-3-7(13)10-9(11)14;1-7(10)13-3-5-15-9(12)16-6-4-14-8(2)11/h3-4,6,8,12H,1-2,5H2,(H,10,13,14);9,12H,3-6H2,1-2H3. The lowest BCUT2D eigenvalue weighted by atomic mass is 10.2. The van der Waals surface area contributed by atoms with Crippen molar-refractivity contribution in [3.05, 3.63) is 33.1 Å². The van der Waals surface area contributed by atoms with Crippen LogP contribution in [0, 0.1) is 0 Å². The van der Waals surface area contributed by atoms with Crippen LogP contribution in [0.25, 0.3) is 0 Å². The second-order valence-corrected chi connectivity index (χ2v) is 6.22. The molecule has 1 aliphatic heterocycles. The SMILES string of the molecule is CC(=O)OCCOC(O)OCCOC(C)=O.O=c1ccn(C2CCC(CO)O2)c(=O)[nH]1. The Morgan fingerprint density at radius 2 is 1.71 bits per heavy atom. The van der Waals surface area contributed by atoms with E-state index >= 15 is 0 Å². The molecule has 3 N–H and O–H groups in total. The minimum atomic E-state index is -1.42. The first-order chi connectivity index (χ1) is 14.7. The van der Waals surface area contributed by atoms with Gasteiger partial charge in [-0.15, -0.1) is 0 Å². The van der Waals surface area contributed by atoms with E-state index in [1.54, 1.807) is 0 Å². The number of rotatable bonds is 10. The van der Waals surface area contributed by atoms with Crippen LogP contribution in [0.5, 0.6) is 0 Å². The molecule has 0 radical (unpaired) electrons. The van der Waals surface area contributed by atoms with Crippen LogP contribution in [0.2, 0.25) is 0 Å². The highest BCUT2D eigenvalue weighted by atomic mass is 16.8. The normalized spacial score (nSPS) is 17.7. The summed E-state index contributed by atoms with van der Waals surface area (Å²) in [4.78, 5) is 45.1. The molecule has 13 nitrogen and oxygen atoms in total. The van der Waals surface area contributed by atoms with E-state index in [1.807, 2.05) is 0 Å². The number of H-pyrrole nitrogens is 1. The number of ether oxygens (including phenoxy) is 5. The fourth-order valence-corrected chi connectivity index (χ4v) is 2.40. The van der Waals surface area contributed by atoms with Gasteiger partial charge in [-0.3, -0.25) is 23.9 Å². The summed E-state index contributed by atoms with van der Waals surface area (Å²) in [6.45, 7) is 1.19. The number of aromatic amines is 1. The topological polar surface area (TPSA) is 176 Å². The maximum Gasteiger partial charge on any atom is 0.330 e. The van der Waals surface area contributed by atoms with E-state index in [9.17, 15) is 19.2 Å². The van der Waals surface area contributed by atoms with E-state index in [0.29, 0.717) is 12.8 Å². The summed E-state index contributed by atoms with van der Waals surface area (Å²) in [5.74, 6) is -0.845. The minimum absolute atomic E-state index is 0.0221. The number of aromatic nitrogens is 2. The Kier molecular flexibility index (Phi) is 12.3. The van der Waals surface area contributed by atoms with E-state index in [1.165, 1.54) is 30.7 Å². The fourth-order valence-electron chi connectivity index (χ4n) is 2.40. The molecule has 0 amide bonds. The third-order valence-corrected chi connectivity index (χ3v) is 3.75. The molecule has 0 aliphatic carbocycles. The lowest BCUT2D eigenvalue weighted by Crippen LogP contribution is -2.31. The molecular formula is C18H28N2O11. The number of aliphatic hydroxyl groups excluding tert-OH is 2. The quantitative estimate of drug-likeness (QED) is 0.219. The Bertz CT molecular complexity index is 769. The fraction of sp³-hybridized carbons (Fsp3) is 0.667. The van der Waals surface area contributed by atoms with Gasteiger partial charge in [0, 0.05) is 26.1 Å². The van der Waals surface area contributed by atoms with Gasteiger partial charge in [0.2, 0.25) is 0 Å². The zero-order valence-corrected chi connectivity index (χ0v) is 17.4. The highest BCUT2D eigenvalue weighted by molar-refractivity contribution is 5.66. The summed E-state index contributed by atoms with van der Waals surface area (Å²) in [7, 11) is 0. The van der Waals surface area contributed by atoms with Crippen LogP contribution >= 0.6 is 0 Å². The minimum Gasteiger partial charge on any atom is -0.463 e. The van der Waals surface area contributed by atoms with Crippen molar-refractivity contribution >= 4 is 11.9 Å². The molecule has 1 fully saturated rings. The van der Waals surface area contributed by atoms with Crippen molar-refractivity contribution in [3.8, 4) is 0 Å². The Morgan fingerprint density at radius 1 is 1.13 bits per heavy atom. The molecule has 31 heavy (non-hydrogen) atoms. The monoisotopic (exact) mass is 448 g/mol. The number of nitrogens with zero attached hydrogens (tertiary/aromatic N) is 1. The summed E-state index contributed by atoms with van der Waals surface area (Å²) < 4.78 is 25.3.